The largest absolute Gasteiger partial charge is 0.303 e. The van der Waals surface area contributed by atoms with Gasteiger partial charge in [0.05, 0.1) is 0 Å². The van der Waals surface area contributed by atoms with Gasteiger partial charge in [0.25, 0.3) is 0 Å². The van der Waals surface area contributed by atoms with Crippen molar-refractivity contribution in [1.82, 2.24) is 0 Å². The Morgan fingerprint density at radius 3 is 2.71 bits per heavy atom. The molecule has 2 atom stereocenters. The Labute approximate surface area is 87.6 Å². The fraction of sp³-hybridized carbons (Fsp3) is 0.769. The molecule has 0 heterocycles. The number of carbonyl (C=O) groups is 1. The maximum absolute atomic E-state index is 11.0. The summed E-state index contributed by atoms with van der Waals surface area (Å²) in [5.41, 5.74) is 1.71. The Bertz CT molecular complexity index is 238. The first-order chi connectivity index (χ1) is 6.53. The molecule has 1 aliphatic carbocycles. The highest BCUT2D eigenvalue weighted by molar-refractivity contribution is 5.55. The molecule has 14 heavy (non-hydrogen) atoms. The molecule has 1 aliphatic rings. The standard InChI is InChI=1S/C13H22O/c1-5-11(9-14)12-10(2)7-6-8-13(12,3)4/h7,9,11-12H,5-6,8H2,1-4H3. The molecule has 2 unspecified atom stereocenters. The van der Waals surface area contributed by atoms with E-state index >= 15 is 0 Å². The number of carbonyl (C=O) groups excluding carboxylic acids is 1. The van der Waals surface area contributed by atoms with Gasteiger partial charge in [-0.1, -0.05) is 32.4 Å². The van der Waals surface area contributed by atoms with E-state index in [2.05, 4.69) is 33.8 Å². The fourth-order valence-electron chi connectivity index (χ4n) is 2.90. The summed E-state index contributed by atoms with van der Waals surface area (Å²) in [4.78, 5) is 11.0. The molecule has 1 nitrogen and oxygen atoms in total. The summed E-state index contributed by atoms with van der Waals surface area (Å²) in [5, 5.41) is 0. The second-order valence-corrected chi connectivity index (χ2v) is 5.16. The van der Waals surface area contributed by atoms with E-state index < -0.39 is 0 Å². The summed E-state index contributed by atoms with van der Waals surface area (Å²) >= 11 is 0. The van der Waals surface area contributed by atoms with Gasteiger partial charge in [0, 0.05) is 5.92 Å². The Morgan fingerprint density at radius 1 is 1.64 bits per heavy atom. The van der Waals surface area contributed by atoms with E-state index in [1.807, 2.05) is 0 Å². The van der Waals surface area contributed by atoms with E-state index in [9.17, 15) is 4.79 Å². The fourth-order valence-corrected chi connectivity index (χ4v) is 2.90. The highest BCUT2D eigenvalue weighted by Gasteiger charge is 2.37. The van der Waals surface area contributed by atoms with Gasteiger partial charge in [-0.05, 0) is 37.5 Å². The molecule has 0 N–H and O–H groups in total. The van der Waals surface area contributed by atoms with Crippen LogP contribution in [0.25, 0.3) is 0 Å². The lowest BCUT2D eigenvalue weighted by Gasteiger charge is -2.41. The number of hydrogen-bond acceptors (Lipinski definition) is 1. The van der Waals surface area contributed by atoms with E-state index in [0.717, 1.165) is 12.7 Å². The van der Waals surface area contributed by atoms with Crippen molar-refractivity contribution in [2.45, 2.75) is 47.0 Å². The highest BCUT2D eigenvalue weighted by Crippen LogP contribution is 2.45. The third-order valence-electron chi connectivity index (χ3n) is 3.66. The molecule has 0 aliphatic heterocycles. The predicted molar refractivity (Wildman–Crippen MR) is 60.1 cm³/mol. The van der Waals surface area contributed by atoms with Gasteiger partial charge < -0.3 is 4.79 Å². The molecule has 0 aromatic rings. The maximum Gasteiger partial charge on any atom is 0.123 e. The molecule has 0 saturated heterocycles. The molecule has 0 aromatic heterocycles. The van der Waals surface area contributed by atoms with Gasteiger partial charge in [-0.25, -0.2) is 0 Å². The molecule has 0 saturated carbocycles. The molecule has 0 amide bonds. The molecule has 80 valence electrons. The summed E-state index contributed by atoms with van der Waals surface area (Å²) in [6, 6.07) is 0. The third kappa shape index (κ3) is 2.08. The van der Waals surface area contributed by atoms with Gasteiger partial charge in [0.1, 0.15) is 6.29 Å². The Kier molecular flexibility index (Phi) is 3.52. The zero-order chi connectivity index (χ0) is 10.8. The van der Waals surface area contributed by atoms with Crippen LogP contribution < -0.4 is 0 Å². The monoisotopic (exact) mass is 194 g/mol. The number of hydrogen-bond donors (Lipinski definition) is 0. The summed E-state index contributed by atoms with van der Waals surface area (Å²) in [5.74, 6) is 0.667. The van der Waals surface area contributed by atoms with E-state index in [-0.39, 0.29) is 5.92 Å². The molecular formula is C13H22O. The van der Waals surface area contributed by atoms with Crippen LogP contribution in [0.1, 0.15) is 47.0 Å². The molecule has 1 rings (SSSR count). The van der Waals surface area contributed by atoms with Gasteiger partial charge in [-0.15, -0.1) is 0 Å². The first-order valence-electron chi connectivity index (χ1n) is 5.65. The van der Waals surface area contributed by atoms with Crippen molar-refractivity contribution < 1.29 is 4.79 Å². The number of rotatable bonds is 3. The van der Waals surface area contributed by atoms with Crippen molar-refractivity contribution in [1.29, 1.82) is 0 Å². The lowest BCUT2D eigenvalue weighted by molar-refractivity contribution is -0.113. The second-order valence-electron chi connectivity index (χ2n) is 5.16. The summed E-state index contributed by atoms with van der Waals surface area (Å²) < 4.78 is 0. The van der Waals surface area contributed by atoms with Crippen LogP contribution in [0.15, 0.2) is 11.6 Å². The highest BCUT2D eigenvalue weighted by atomic mass is 16.1. The van der Waals surface area contributed by atoms with Gasteiger partial charge in [-0.2, -0.15) is 0 Å². The van der Waals surface area contributed by atoms with Crippen molar-refractivity contribution in [2.75, 3.05) is 0 Å². The third-order valence-corrected chi connectivity index (χ3v) is 3.66. The van der Waals surface area contributed by atoms with Crippen molar-refractivity contribution in [3.05, 3.63) is 11.6 Å². The van der Waals surface area contributed by atoms with Gasteiger partial charge in [-0.3, -0.25) is 0 Å². The van der Waals surface area contributed by atoms with Crippen molar-refractivity contribution in [2.24, 2.45) is 17.3 Å². The van der Waals surface area contributed by atoms with Crippen LogP contribution in [-0.4, -0.2) is 6.29 Å². The summed E-state index contributed by atoms with van der Waals surface area (Å²) in [6.45, 7) is 8.87. The minimum Gasteiger partial charge on any atom is -0.303 e. The predicted octanol–water partition coefficient (Wildman–Crippen LogP) is 3.59. The first kappa shape index (κ1) is 11.5. The SMILES string of the molecule is CCC(C=O)C1C(C)=CCCC1(C)C. The molecule has 1 heteroatoms. The van der Waals surface area contributed by atoms with Crippen molar-refractivity contribution >= 4 is 6.29 Å². The Morgan fingerprint density at radius 2 is 2.29 bits per heavy atom. The minimum atomic E-state index is 0.210. The summed E-state index contributed by atoms with van der Waals surface area (Å²) in [6.07, 6.45) is 6.80. The minimum absolute atomic E-state index is 0.210. The molecular weight excluding hydrogens is 172 g/mol. The van der Waals surface area contributed by atoms with Crippen LogP contribution >= 0.6 is 0 Å². The van der Waals surface area contributed by atoms with Gasteiger partial charge in [0.2, 0.25) is 0 Å². The van der Waals surface area contributed by atoms with E-state index in [1.54, 1.807) is 0 Å². The van der Waals surface area contributed by atoms with E-state index in [1.165, 1.54) is 18.4 Å². The number of aldehydes is 1. The van der Waals surface area contributed by atoms with E-state index in [0.29, 0.717) is 11.3 Å². The van der Waals surface area contributed by atoms with Crippen LogP contribution in [0.4, 0.5) is 0 Å². The second kappa shape index (κ2) is 4.29. The maximum atomic E-state index is 11.0. The topological polar surface area (TPSA) is 17.1 Å². The van der Waals surface area contributed by atoms with Crippen molar-refractivity contribution in [3.8, 4) is 0 Å². The molecule has 0 fully saturated rings. The smallest absolute Gasteiger partial charge is 0.123 e. The molecule has 0 radical (unpaired) electrons. The number of allylic oxidation sites excluding steroid dienone is 2. The van der Waals surface area contributed by atoms with Crippen LogP contribution in [-0.2, 0) is 4.79 Å². The zero-order valence-corrected chi connectivity index (χ0v) is 9.84. The quantitative estimate of drug-likeness (QED) is 0.495. The molecule has 0 bridgehead atoms. The molecule has 0 spiro atoms. The van der Waals surface area contributed by atoms with Crippen LogP contribution in [0.2, 0.25) is 0 Å². The van der Waals surface area contributed by atoms with Crippen LogP contribution in [0.3, 0.4) is 0 Å². The molecule has 0 aromatic carbocycles. The van der Waals surface area contributed by atoms with Gasteiger partial charge in [0.15, 0.2) is 0 Å². The van der Waals surface area contributed by atoms with Crippen LogP contribution in [0, 0.1) is 17.3 Å². The lowest BCUT2D eigenvalue weighted by atomic mass is 9.63. The lowest BCUT2D eigenvalue weighted by Crippen LogP contribution is -2.34. The average Bonchev–Trinajstić information content (AvgIpc) is 2.11. The van der Waals surface area contributed by atoms with Crippen LogP contribution in [0.5, 0.6) is 0 Å². The van der Waals surface area contributed by atoms with Crippen molar-refractivity contribution in [3.63, 3.8) is 0 Å². The normalized spacial score (nSPS) is 28.0. The average molecular weight is 194 g/mol. The summed E-state index contributed by atoms with van der Waals surface area (Å²) in [7, 11) is 0. The van der Waals surface area contributed by atoms with Gasteiger partial charge >= 0.3 is 0 Å². The zero-order valence-electron chi connectivity index (χ0n) is 9.84. The van der Waals surface area contributed by atoms with E-state index in [4.69, 9.17) is 0 Å². The first-order valence-corrected chi connectivity index (χ1v) is 5.65. The Balaban J connectivity index is 2.95. The Hall–Kier alpha value is -0.590.